The number of rotatable bonds is 7. The number of methoxy groups -OCH3 is 2. The minimum atomic E-state index is 0.0213. The monoisotopic (exact) mass is 258 g/mol. The van der Waals surface area contributed by atoms with Crippen molar-refractivity contribution in [2.24, 2.45) is 5.73 Å². The lowest BCUT2D eigenvalue weighted by atomic mass is 10.2. The van der Waals surface area contributed by atoms with Crippen LogP contribution in [0.25, 0.3) is 0 Å². The van der Waals surface area contributed by atoms with Crippen molar-refractivity contribution in [3.05, 3.63) is 28.8 Å². The van der Waals surface area contributed by atoms with Gasteiger partial charge in [-0.2, -0.15) is 0 Å². The van der Waals surface area contributed by atoms with Crippen LogP contribution in [-0.4, -0.2) is 33.5 Å². The quantitative estimate of drug-likeness (QED) is 0.784. The highest BCUT2D eigenvalue weighted by molar-refractivity contribution is 6.31. The Labute approximate surface area is 107 Å². The molecule has 0 spiro atoms. The summed E-state index contributed by atoms with van der Waals surface area (Å²) in [6, 6.07) is 5.74. The van der Waals surface area contributed by atoms with Gasteiger partial charge in [-0.15, -0.1) is 0 Å². The summed E-state index contributed by atoms with van der Waals surface area (Å²) in [6.45, 7) is 1.67. The number of nitrogens with one attached hydrogen (secondary N) is 1. The fourth-order valence-electron chi connectivity index (χ4n) is 1.45. The van der Waals surface area contributed by atoms with Crippen LogP contribution in [0.15, 0.2) is 18.2 Å². The molecule has 0 bridgehead atoms. The molecule has 0 radical (unpaired) electrons. The van der Waals surface area contributed by atoms with Gasteiger partial charge in [-0.05, 0) is 17.7 Å². The molecule has 0 heterocycles. The van der Waals surface area contributed by atoms with E-state index in [4.69, 9.17) is 26.8 Å². The van der Waals surface area contributed by atoms with E-state index in [9.17, 15) is 0 Å². The van der Waals surface area contributed by atoms with E-state index in [1.54, 1.807) is 14.2 Å². The van der Waals surface area contributed by atoms with Crippen molar-refractivity contribution in [3.8, 4) is 0 Å². The smallest absolute Gasteiger partial charge is 0.0976 e. The van der Waals surface area contributed by atoms with E-state index in [0.717, 1.165) is 11.3 Å². The number of hydrogen-bond acceptors (Lipinski definition) is 4. The van der Waals surface area contributed by atoms with E-state index in [1.807, 2.05) is 18.2 Å². The average molecular weight is 259 g/mol. The van der Waals surface area contributed by atoms with Gasteiger partial charge >= 0.3 is 0 Å². The van der Waals surface area contributed by atoms with Gasteiger partial charge in [-0.1, -0.05) is 17.7 Å². The van der Waals surface area contributed by atoms with Crippen LogP contribution in [0.3, 0.4) is 0 Å². The third-order valence-electron chi connectivity index (χ3n) is 2.49. The molecule has 0 fully saturated rings. The molecule has 96 valence electrons. The summed E-state index contributed by atoms with van der Waals surface area (Å²) in [5.41, 5.74) is 7.43. The highest BCUT2D eigenvalue weighted by Crippen LogP contribution is 2.20. The molecule has 0 aliphatic carbocycles. The fourth-order valence-corrected chi connectivity index (χ4v) is 1.71. The highest BCUT2D eigenvalue weighted by Gasteiger charge is 2.07. The number of halogens is 1. The molecular formula is C12H19ClN2O2. The standard InChI is InChI=1S/C12H19ClN2O2/c1-16-8-11(17-2)7-15-10-4-3-9(6-14)12(13)5-10/h3-5,11,15H,6-8,14H2,1-2H3. The first-order valence-electron chi connectivity index (χ1n) is 5.45. The molecule has 1 rings (SSSR count). The van der Waals surface area contributed by atoms with Crippen molar-refractivity contribution in [1.29, 1.82) is 0 Å². The van der Waals surface area contributed by atoms with Crippen molar-refractivity contribution in [2.75, 3.05) is 32.7 Å². The van der Waals surface area contributed by atoms with Crippen molar-refractivity contribution >= 4 is 17.3 Å². The SMILES string of the molecule is COCC(CNc1ccc(CN)c(Cl)c1)OC. The van der Waals surface area contributed by atoms with E-state index in [-0.39, 0.29) is 6.10 Å². The van der Waals surface area contributed by atoms with Crippen LogP contribution >= 0.6 is 11.6 Å². The molecule has 0 aliphatic rings. The minimum Gasteiger partial charge on any atom is -0.382 e. The predicted molar refractivity (Wildman–Crippen MR) is 70.5 cm³/mol. The summed E-state index contributed by atoms with van der Waals surface area (Å²) in [6.07, 6.45) is 0.0213. The molecule has 1 aromatic carbocycles. The molecule has 0 aromatic heterocycles. The second kappa shape index (κ2) is 7.50. The van der Waals surface area contributed by atoms with Crippen LogP contribution in [0.1, 0.15) is 5.56 Å². The number of hydrogen-bond donors (Lipinski definition) is 2. The molecule has 1 unspecified atom stereocenters. The third-order valence-corrected chi connectivity index (χ3v) is 2.84. The van der Waals surface area contributed by atoms with Crippen LogP contribution in [0.5, 0.6) is 0 Å². The van der Waals surface area contributed by atoms with Crippen molar-refractivity contribution < 1.29 is 9.47 Å². The van der Waals surface area contributed by atoms with Gasteiger partial charge in [0.1, 0.15) is 0 Å². The Morgan fingerprint density at radius 2 is 2.18 bits per heavy atom. The second-order valence-electron chi connectivity index (χ2n) is 3.70. The van der Waals surface area contributed by atoms with Crippen LogP contribution in [0.2, 0.25) is 5.02 Å². The van der Waals surface area contributed by atoms with Gasteiger partial charge in [0.2, 0.25) is 0 Å². The first-order chi connectivity index (χ1) is 8.21. The molecule has 5 heteroatoms. The Bertz CT molecular complexity index is 347. The lowest BCUT2D eigenvalue weighted by Crippen LogP contribution is -2.26. The molecule has 0 aliphatic heterocycles. The van der Waals surface area contributed by atoms with E-state index in [0.29, 0.717) is 24.7 Å². The van der Waals surface area contributed by atoms with Crippen molar-refractivity contribution in [2.45, 2.75) is 12.6 Å². The zero-order valence-corrected chi connectivity index (χ0v) is 11.0. The van der Waals surface area contributed by atoms with Gasteiger partial charge in [0, 0.05) is 38.0 Å². The van der Waals surface area contributed by atoms with Crippen LogP contribution in [0, 0.1) is 0 Å². The first-order valence-corrected chi connectivity index (χ1v) is 5.83. The molecule has 0 amide bonds. The molecule has 0 saturated carbocycles. The molecule has 0 saturated heterocycles. The van der Waals surface area contributed by atoms with Gasteiger partial charge in [-0.3, -0.25) is 0 Å². The van der Waals surface area contributed by atoms with E-state index in [2.05, 4.69) is 5.32 Å². The normalized spacial score (nSPS) is 12.5. The molecular weight excluding hydrogens is 240 g/mol. The number of benzene rings is 1. The zero-order chi connectivity index (χ0) is 12.7. The van der Waals surface area contributed by atoms with Crippen molar-refractivity contribution in [3.63, 3.8) is 0 Å². The van der Waals surface area contributed by atoms with Gasteiger partial charge in [0.25, 0.3) is 0 Å². The summed E-state index contributed by atoms with van der Waals surface area (Å²) < 4.78 is 10.3. The van der Waals surface area contributed by atoms with Crippen LogP contribution in [-0.2, 0) is 16.0 Å². The molecule has 4 nitrogen and oxygen atoms in total. The molecule has 3 N–H and O–H groups in total. The van der Waals surface area contributed by atoms with Gasteiger partial charge in [-0.25, -0.2) is 0 Å². The Balaban J connectivity index is 2.54. The van der Waals surface area contributed by atoms with E-state index in [1.165, 1.54) is 0 Å². The lowest BCUT2D eigenvalue weighted by molar-refractivity contribution is 0.0365. The Morgan fingerprint density at radius 1 is 1.41 bits per heavy atom. The topological polar surface area (TPSA) is 56.5 Å². The summed E-state index contributed by atoms with van der Waals surface area (Å²) in [5, 5.41) is 3.92. The third kappa shape index (κ3) is 4.52. The van der Waals surface area contributed by atoms with Gasteiger partial charge < -0.3 is 20.5 Å². The summed E-state index contributed by atoms with van der Waals surface area (Å²) in [5.74, 6) is 0. The van der Waals surface area contributed by atoms with Crippen LogP contribution < -0.4 is 11.1 Å². The average Bonchev–Trinajstić information content (AvgIpc) is 2.34. The maximum Gasteiger partial charge on any atom is 0.0976 e. The van der Waals surface area contributed by atoms with Gasteiger partial charge in [0.05, 0.1) is 12.7 Å². The Kier molecular flexibility index (Phi) is 6.29. The Hall–Kier alpha value is -0.810. The number of anilines is 1. The predicted octanol–water partition coefficient (Wildman–Crippen LogP) is 1.87. The lowest BCUT2D eigenvalue weighted by Gasteiger charge is -2.16. The molecule has 1 atom stereocenters. The fraction of sp³-hybridized carbons (Fsp3) is 0.500. The first kappa shape index (κ1) is 14.3. The number of ether oxygens (including phenoxy) is 2. The molecule has 1 aromatic rings. The van der Waals surface area contributed by atoms with E-state index >= 15 is 0 Å². The largest absolute Gasteiger partial charge is 0.382 e. The van der Waals surface area contributed by atoms with Crippen molar-refractivity contribution in [1.82, 2.24) is 0 Å². The van der Waals surface area contributed by atoms with Gasteiger partial charge in [0.15, 0.2) is 0 Å². The summed E-state index contributed by atoms with van der Waals surface area (Å²) in [4.78, 5) is 0. The maximum atomic E-state index is 6.06. The molecule has 17 heavy (non-hydrogen) atoms. The maximum absolute atomic E-state index is 6.06. The second-order valence-corrected chi connectivity index (χ2v) is 4.11. The zero-order valence-electron chi connectivity index (χ0n) is 10.2. The Morgan fingerprint density at radius 3 is 2.71 bits per heavy atom. The number of nitrogens with two attached hydrogens (primary N) is 1. The van der Waals surface area contributed by atoms with E-state index < -0.39 is 0 Å². The summed E-state index contributed by atoms with van der Waals surface area (Å²) >= 11 is 6.06. The minimum absolute atomic E-state index is 0.0213. The van der Waals surface area contributed by atoms with Crippen LogP contribution in [0.4, 0.5) is 5.69 Å². The highest BCUT2D eigenvalue weighted by atomic mass is 35.5. The summed E-state index contributed by atoms with van der Waals surface area (Å²) in [7, 11) is 3.31.